The lowest BCUT2D eigenvalue weighted by molar-refractivity contribution is -0.123. The number of carbonyl (C=O) groups excluding carboxylic acids is 2. The summed E-state index contributed by atoms with van der Waals surface area (Å²) in [6.07, 6.45) is 0.799. The molecule has 4 rings (SSSR count). The summed E-state index contributed by atoms with van der Waals surface area (Å²) in [5.74, 6) is 1.85. The Morgan fingerprint density at radius 3 is 2.52 bits per heavy atom. The van der Waals surface area contributed by atoms with Gasteiger partial charge in [-0.1, -0.05) is 45.9 Å². The van der Waals surface area contributed by atoms with Gasteiger partial charge in [-0.3, -0.25) is 14.5 Å². The van der Waals surface area contributed by atoms with Crippen LogP contribution in [0, 0.1) is 6.92 Å². The molecule has 1 aliphatic heterocycles. The number of benzene rings is 2. The summed E-state index contributed by atoms with van der Waals surface area (Å²) in [5.41, 5.74) is 4.15. The molecule has 0 fully saturated rings. The molecule has 8 nitrogen and oxygen atoms in total. The number of nitrogens with zero attached hydrogens (tertiary/aromatic N) is 3. The largest absolute Gasteiger partial charge is 0.497 e. The van der Waals surface area contributed by atoms with Gasteiger partial charge in [-0.25, -0.2) is 4.68 Å². The van der Waals surface area contributed by atoms with Crippen LogP contribution in [0.3, 0.4) is 0 Å². The lowest BCUT2D eigenvalue weighted by Gasteiger charge is -2.26. The summed E-state index contributed by atoms with van der Waals surface area (Å²) >= 11 is 1.52. The number of aryl methyl sites for hydroxylation is 1. The van der Waals surface area contributed by atoms with E-state index in [1.807, 2.05) is 67.9 Å². The van der Waals surface area contributed by atoms with E-state index in [1.165, 1.54) is 11.8 Å². The SMILES string of the molecule is CCC(C)NC(=O)CN1C(=O)CSC(c2cc(OC)ccc2OC)c2c(C(C)(C)C)nn(-c3ccccc3C)c21. The van der Waals surface area contributed by atoms with E-state index in [2.05, 4.69) is 26.1 Å². The number of hydrogen-bond donors (Lipinski definition) is 1. The number of hydrogen-bond acceptors (Lipinski definition) is 6. The molecular weight excluding hydrogens is 524 g/mol. The summed E-state index contributed by atoms with van der Waals surface area (Å²) in [7, 11) is 3.28. The number of aromatic nitrogens is 2. The molecule has 1 aliphatic rings. The van der Waals surface area contributed by atoms with Crippen molar-refractivity contribution in [2.24, 2.45) is 0 Å². The van der Waals surface area contributed by atoms with Crippen LogP contribution >= 0.6 is 11.8 Å². The molecule has 2 unspecified atom stereocenters. The van der Waals surface area contributed by atoms with Crippen LogP contribution in [0.2, 0.25) is 0 Å². The third-order valence-electron chi connectivity index (χ3n) is 7.18. The van der Waals surface area contributed by atoms with E-state index in [9.17, 15) is 9.59 Å². The van der Waals surface area contributed by atoms with Crippen LogP contribution in [-0.4, -0.2) is 54.2 Å². The molecule has 214 valence electrons. The molecule has 40 heavy (non-hydrogen) atoms. The van der Waals surface area contributed by atoms with Crippen molar-refractivity contribution in [1.82, 2.24) is 15.1 Å². The number of para-hydroxylation sites is 1. The number of fused-ring (bicyclic) bond motifs is 1. The minimum Gasteiger partial charge on any atom is -0.497 e. The van der Waals surface area contributed by atoms with Gasteiger partial charge in [-0.05, 0) is 50.1 Å². The molecule has 2 aromatic carbocycles. The van der Waals surface area contributed by atoms with Crippen LogP contribution in [-0.2, 0) is 15.0 Å². The molecule has 0 saturated heterocycles. The lowest BCUT2D eigenvalue weighted by Crippen LogP contribution is -2.44. The van der Waals surface area contributed by atoms with Gasteiger partial charge < -0.3 is 14.8 Å². The van der Waals surface area contributed by atoms with Crippen LogP contribution in [0.1, 0.15) is 68.7 Å². The van der Waals surface area contributed by atoms with E-state index in [1.54, 1.807) is 19.1 Å². The Hall–Kier alpha value is -3.46. The van der Waals surface area contributed by atoms with Crippen molar-refractivity contribution in [3.63, 3.8) is 0 Å². The number of nitrogens with one attached hydrogen (secondary N) is 1. The molecule has 0 aliphatic carbocycles. The van der Waals surface area contributed by atoms with Crippen molar-refractivity contribution in [3.8, 4) is 17.2 Å². The van der Waals surface area contributed by atoms with E-state index < -0.39 is 0 Å². The zero-order valence-corrected chi connectivity index (χ0v) is 25.5. The van der Waals surface area contributed by atoms with Gasteiger partial charge in [0.05, 0.1) is 36.6 Å². The second-order valence-corrected chi connectivity index (χ2v) is 12.3. The van der Waals surface area contributed by atoms with Gasteiger partial charge in [-0.15, -0.1) is 11.8 Å². The molecule has 3 aromatic rings. The van der Waals surface area contributed by atoms with Crippen LogP contribution in [0.15, 0.2) is 42.5 Å². The lowest BCUT2D eigenvalue weighted by atomic mass is 9.87. The fraction of sp³-hybridized carbons (Fsp3) is 0.452. The molecule has 2 amide bonds. The fourth-order valence-electron chi connectivity index (χ4n) is 4.90. The normalized spacial score (nSPS) is 16.2. The highest BCUT2D eigenvalue weighted by molar-refractivity contribution is 8.00. The third-order valence-corrected chi connectivity index (χ3v) is 8.42. The molecule has 1 aromatic heterocycles. The molecule has 1 N–H and O–H groups in total. The molecule has 0 spiro atoms. The second-order valence-electron chi connectivity index (χ2n) is 11.2. The maximum absolute atomic E-state index is 13.9. The average Bonchev–Trinajstić information content (AvgIpc) is 3.26. The van der Waals surface area contributed by atoms with Crippen LogP contribution < -0.4 is 19.7 Å². The monoisotopic (exact) mass is 564 g/mol. The average molecular weight is 565 g/mol. The summed E-state index contributed by atoms with van der Waals surface area (Å²) in [6.45, 7) is 12.3. The predicted octanol–water partition coefficient (Wildman–Crippen LogP) is 5.58. The molecule has 0 radical (unpaired) electrons. The van der Waals surface area contributed by atoms with Gasteiger partial charge in [0, 0.05) is 22.6 Å². The van der Waals surface area contributed by atoms with Crippen LogP contribution in [0.5, 0.6) is 11.5 Å². The summed E-state index contributed by atoms with van der Waals surface area (Å²) in [6, 6.07) is 13.7. The molecule has 9 heteroatoms. The molecule has 0 saturated carbocycles. The first-order valence-corrected chi connectivity index (χ1v) is 14.7. The van der Waals surface area contributed by atoms with E-state index in [0.29, 0.717) is 17.3 Å². The Labute approximate surface area is 241 Å². The van der Waals surface area contributed by atoms with Crippen molar-refractivity contribution in [1.29, 1.82) is 0 Å². The number of rotatable bonds is 8. The van der Waals surface area contributed by atoms with E-state index >= 15 is 0 Å². The zero-order chi connectivity index (χ0) is 29.2. The number of amides is 2. The highest BCUT2D eigenvalue weighted by atomic mass is 32.2. The maximum Gasteiger partial charge on any atom is 0.240 e. The summed E-state index contributed by atoms with van der Waals surface area (Å²) in [5, 5.41) is 7.92. The van der Waals surface area contributed by atoms with Crippen molar-refractivity contribution >= 4 is 29.4 Å². The quantitative estimate of drug-likeness (QED) is 0.385. The van der Waals surface area contributed by atoms with E-state index in [0.717, 1.165) is 34.5 Å². The fourth-order valence-corrected chi connectivity index (χ4v) is 6.11. The van der Waals surface area contributed by atoms with Crippen LogP contribution in [0.4, 0.5) is 5.82 Å². The summed E-state index contributed by atoms with van der Waals surface area (Å²) in [4.78, 5) is 28.7. The highest BCUT2D eigenvalue weighted by Crippen LogP contribution is 2.51. The second kappa shape index (κ2) is 12.0. The molecule has 2 atom stereocenters. The van der Waals surface area contributed by atoms with Crippen molar-refractivity contribution < 1.29 is 19.1 Å². The Morgan fingerprint density at radius 2 is 1.90 bits per heavy atom. The number of ether oxygens (including phenoxy) is 2. The van der Waals surface area contributed by atoms with Gasteiger partial charge in [0.1, 0.15) is 23.9 Å². The minimum atomic E-state index is -0.360. The highest BCUT2D eigenvalue weighted by Gasteiger charge is 2.41. The number of methoxy groups -OCH3 is 2. The van der Waals surface area contributed by atoms with Gasteiger partial charge in [0.2, 0.25) is 11.8 Å². The van der Waals surface area contributed by atoms with Gasteiger partial charge in [0.15, 0.2) is 0 Å². The summed E-state index contributed by atoms with van der Waals surface area (Å²) < 4.78 is 13.2. The Morgan fingerprint density at radius 1 is 1.18 bits per heavy atom. The Bertz CT molecular complexity index is 1390. The Balaban J connectivity index is 2.05. The Kier molecular flexibility index (Phi) is 8.83. The first kappa shape index (κ1) is 29.5. The molecule has 2 heterocycles. The predicted molar refractivity (Wildman–Crippen MR) is 161 cm³/mol. The third kappa shape index (κ3) is 5.84. The maximum atomic E-state index is 13.9. The number of thioether (sulfide) groups is 1. The first-order chi connectivity index (χ1) is 19.0. The van der Waals surface area contributed by atoms with Gasteiger partial charge in [-0.2, -0.15) is 5.10 Å². The molecule has 0 bridgehead atoms. The van der Waals surface area contributed by atoms with Crippen molar-refractivity contribution in [2.75, 3.05) is 31.4 Å². The van der Waals surface area contributed by atoms with E-state index in [-0.39, 0.29) is 40.8 Å². The molecular formula is C31H40N4O4S. The van der Waals surface area contributed by atoms with Gasteiger partial charge >= 0.3 is 0 Å². The van der Waals surface area contributed by atoms with Gasteiger partial charge in [0.25, 0.3) is 0 Å². The number of carbonyl (C=O) groups is 2. The smallest absolute Gasteiger partial charge is 0.240 e. The zero-order valence-electron chi connectivity index (χ0n) is 24.7. The standard InChI is InChI=1S/C31H40N4O4S/c1-9-20(3)32-25(36)17-34-26(37)18-40-28(22-16-21(38-7)14-15-24(22)39-8)27-29(31(4,5)6)33-35(30(27)34)23-13-11-10-12-19(23)2/h10-16,20,28H,9,17-18H2,1-8H3,(H,32,36). The topological polar surface area (TPSA) is 85.7 Å². The minimum absolute atomic E-state index is 0.00336. The first-order valence-electron chi connectivity index (χ1n) is 13.6. The van der Waals surface area contributed by atoms with E-state index in [4.69, 9.17) is 14.6 Å². The van der Waals surface area contributed by atoms with Crippen LogP contribution in [0.25, 0.3) is 5.69 Å². The van der Waals surface area contributed by atoms with Crippen molar-refractivity contribution in [3.05, 3.63) is 64.8 Å². The van der Waals surface area contributed by atoms with Crippen molar-refractivity contribution in [2.45, 2.75) is 64.7 Å². The number of anilines is 1.